The summed E-state index contributed by atoms with van der Waals surface area (Å²) in [7, 11) is 0. The minimum Gasteiger partial charge on any atom is -0.491 e. The number of aromatic nitrogens is 1. The SMILES string of the molecule is CCCCOc1c(CNC(=O)OC(C)(C)C)n(CC(C)C)c(=O)c2ccc(C(C)OC(=O)CC)cc12. The van der Waals surface area contributed by atoms with Gasteiger partial charge in [0.15, 0.2) is 0 Å². The Morgan fingerprint density at radius 2 is 1.78 bits per heavy atom. The molecule has 1 atom stereocenters. The van der Waals surface area contributed by atoms with E-state index in [0.29, 0.717) is 35.4 Å². The number of fused-ring (bicyclic) bond motifs is 1. The normalized spacial score (nSPS) is 12.5. The van der Waals surface area contributed by atoms with E-state index in [0.717, 1.165) is 18.4 Å². The van der Waals surface area contributed by atoms with Gasteiger partial charge in [0.05, 0.1) is 24.2 Å². The highest BCUT2D eigenvalue weighted by atomic mass is 16.6. The van der Waals surface area contributed by atoms with E-state index in [9.17, 15) is 14.4 Å². The Labute approximate surface area is 214 Å². The number of benzene rings is 1. The van der Waals surface area contributed by atoms with Crippen LogP contribution in [-0.4, -0.2) is 28.8 Å². The van der Waals surface area contributed by atoms with Crippen molar-refractivity contribution in [3.8, 4) is 5.75 Å². The summed E-state index contributed by atoms with van der Waals surface area (Å²) in [5.74, 6) is 0.443. The Bertz CT molecular complexity index is 1110. The Kier molecular flexibility index (Phi) is 10.4. The summed E-state index contributed by atoms with van der Waals surface area (Å²) in [6.07, 6.45) is 1.02. The van der Waals surface area contributed by atoms with Gasteiger partial charge >= 0.3 is 12.1 Å². The third kappa shape index (κ3) is 8.00. The lowest BCUT2D eigenvalue weighted by molar-refractivity contribution is -0.148. The Balaban J connectivity index is 2.68. The van der Waals surface area contributed by atoms with Crippen molar-refractivity contribution in [3.63, 3.8) is 0 Å². The largest absolute Gasteiger partial charge is 0.491 e. The molecule has 1 aromatic carbocycles. The monoisotopic (exact) mass is 502 g/mol. The molecule has 200 valence electrons. The molecule has 0 aliphatic carbocycles. The van der Waals surface area contributed by atoms with Crippen LogP contribution in [0.1, 0.15) is 92.0 Å². The van der Waals surface area contributed by atoms with Crippen molar-refractivity contribution in [1.82, 2.24) is 9.88 Å². The number of carbonyl (C=O) groups is 2. The van der Waals surface area contributed by atoms with Gasteiger partial charge in [0.2, 0.25) is 0 Å². The Morgan fingerprint density at radius 1 is 1.08 bits per heavy atom. The third-order valence-corrected chi connectivity index (χ3v) is 5.51. The second-order valence-electron chi connectivity index (χ2n) is 10.4. The van der Waals surface area contributed by atoms with Gasteiger partial charge < -0.3 is 24.1 Å². The zero-order valence-corrected chi connectivity index (χ0v) is 23.0. The molecule has 2 rings (SSSR count). The fourth-order valence-electron chi connectivity index (χ4n) is 3.77. The lowest BCUT2D eigenvalue weighted by atomic mass is 10.0. The fourth-order valence-corrected chi connectivity index (χ4v) is 3.77. The predicted molar refractivity (Wildman–Crippen MR) is 141 cm³/mol. The minimum atomic E-state index is -0.646. The van der Waals surface area contributed by atoms with Crippen LogP contribution in [0.15, 0.2) is 23.0 Å². The lowest BCUT2D eigenvalue weighted by Crippen LogP contribution is -2.35. The number of alkyl carbamates (subject to hydrolysis) is 1. The number of ether oxygens (including phenoxy) is 3. The molecule has 1 aromatic heterocycles. The molecule has 0 radical (unpaired) electrons. The molecule has 0 saturated carbocycles. The molecule has 0 spiro atoms. The second-order valence-corrected chi connectivity index (χ2v) is 10.4. The standard InChI is InChI=1S/C28H42N2O6/c1-9-11-14-34-25-22-15-20(19(5)35-24(31)10-2)12-13-21(22)26(32)30(17-18(3)4)23(25)16-29-27(33)36-28(6,7)8/h12-13,15,18-19H,9-11,14,16-17H2,1-8H3,(H,29,33). The average molecular weight is 503 g/mol. The summed E-state index contributed by atoms with van der Waals surface area (Å²) in [5, 5.41) is 3.94. The smallest absolute Gasteiger partial charge is 0.407 e. The maximum Gasteiger partial charge on any atom is 0.407 e. The molecular weight excluding hydrogens is 460 g/mol. The number of pyridine rings is 1. The van der Waals surface area contributed by atoms with Crippen LogP contribution in [0, 0.1) is 5.92 Å². The maximum atomic E-state index is 13.6. The van der Waals surface area contributed by atoms with Crippen LogP contribution in [0.5, 0.6) is 5.75 Å². The van der Waals surface area contributed by atoms with Crippen molar-refractivity contribution in [1.29, 1.82) is 0 Å². The third-order valence-electron chi connectivity index (χ3n) is 5.51. The van der Waals surface area contributed by atoms with E-state index in [1.165, 1.54) is 0 Å². The number of hydrogen-bond acceptors (Lipinski definition) is 6. The van der Waals surface area contributed by atoms with Crippen LogP contribution < -0.4 is 15.6 Å². The Hall–Kier alpha value is -3.03. The van der Waals surface area contributed by atoms with E-state index in [2.05, 4.69) is 12.2 Å². The molecule has 1 amide bonds. The molecule has 36 heavy (non-hydrogen) atoms. The number of nitrogens with zero attached hydrogens (tertiary/aromatic N) is 1. The molecule has 0 bridgehead atoms. The van der Waals surface area contributed by atoms with Crippen LogP contribution in [0.2, 0.25) is 0 Å². The lowest BCUT2D eigenvalue weighted by Gasteiger charge is -2.24. The van der Waals surface area contributed by atoms with E-state index in [1.54, 1.807) is 45.3 Å². The van der Waals surface area contributed by atoms with E-state index in [1.807, 2.05) is 26.0 Å². The summed E-state index contributed by atoms with van der Waals surface area (Å²) in [5.41, 5.74) is 0.537. The Morgan fingerprint density at radius 3 is 2.36 bits per heavy atom. The van der Waals surface area contributed by atoms with E-state index >= 15 is 0 Å². The van der Waals surface area contributed by atoms with Crippen LogP contribution in [-0.2, 0) is 27.4 Å². The number of rotatable bonds is 11. The highest BCUT2D eigenvalue weighted by Crippen LogP contribution is 2.32. The van der Waals surface area contributed by atoms with Crippen molar-refractivity contribution in [2.75, 3.05) is 6.61 Å². The topological polar surface area (TPSA) is 95.9 Å². The van der Waals surface area contributed by atoms with Crippen molar-refractivity contribution in [2.45, 2.75) is 99.4 Å². The highest BCUT2D eigenvalue weighted by molar-refractivity contribution is 5.89. The number of unbranched alkanes of at least 4 members (excludes halogenated alkanes) is 1. The van der Waals surface area contributed by atoms with Crippen LogP contribution in [0.3, 0.4) is 0 Å². The molecule has 2 aromatic rings. The van der Waals surface area contributed by atoms with Crippen LogP contribution in [0.25, 0.3) is 10.8 Å². The highest BCUT2D eigenvalue weighted by Gasteiger charge is 2.23. The molecule has 1 N–H and O–H groups in total. The first-order valence-electron chi connectivity index (χ1n) is 12.9. The van der Waals surface area contributed by atoms with Crippen molar-refractivity contribution < 1.29 is 23.8 Å². The zero-order chi connectivity index (χ0) is 27.0. The number of carbonyl (C=O) groups excluding carboxylic acids is 2. The molecule has 0 aliphatic rings. The van der Waals surface area contributed by atoms with E-state index in [-0.39, 0.29) is 30.4 Å². The molecule has 1 heterocycles. The number of nitrogens with one attached hydrogen (secondary N) is 1. The van der Waals surface area contributed by atoms with Gasteiger partial charge in [-0.3, -0.25) is 9.59 Å². The molecule has 1 unspecified atom stereocenters. The van der Waals surface area contributed by atoms with E-state index in [4.69, 9.17) is 14.2 Å². The van der Waals surface area contributed by atoms with E-state index < -0.39 is 17.8 Å². The molecular formula is C28H42N2O6. The van der Waals surface area contributed by atoms with Crippen LogP contribution in [0.4, 0.5) is 4.79 Å². The van der Waals surface area contributed by atoms with Gasteiger partial charge in [-0.05, 0) is 57.7 Å². The van der Waals surface area contributed by atoms with Gasteiger partial charge in [0, 0.05) is 18.4 Å². The van der Waals surface area contributed by atoms with Gasteiger partial charge in [0.25, 0.3) is 5.56 Å². The second kappa shape index (κ2) is 12.8. The summed E-state index contributed by atoms with van der Waals surface area (Å²) in [4.78, 5) is 37.9. The minimum absolute atomic E-state index is 0.0683. The molecule has 0 fully saturated rings. The fraction of sp³-hybridized carbons (Fsp3) is 0.607. The maximum absolute atomic E-state index is 13.6. The average Bonchev–Trinajstić information content (AvgIpc) is 2.79. The first-order chi connectivity index (χ1) is 16.9. The van der Waals surface area contributed by atoms with Crippen molar-refractivity contribution in [2.24, 2.45) is 5.92 Å². The predicted octanol–water partition coefficient (Wildman–Crippen LogP) is 5.88. The summed E-state index contributed by atoms with van der Waals surface area (Å²) in [6.45, 7) is 16.1. The van der Waals surface area contributed by atoms with Gasteiger partial charge in [-0.25, -0.2) is 4.79 Å². The van der Waals surface area contributed by atoms with Crippen molar-refractivity contribution in [3.05, 3.63) is 39.8 Å². The molecule has 0 aliphatic heterocycles. The van der Waals surface area contributed by atoms with Gasteiger partial charge in [-0.1, -0.05) is 40.2 Å². The number of amides is 1. The molecule has 8 nitrogen and oxygen atoms in total. The summed E-state index contributed by atoms with van der Waals surface area (Å²) in [6, 6.07) is 5.42. The summed E-state index contributed by atoms with van der Waals surface area (Å²) >= 11 is 0. The first-order valence-corrected chi connectivity index (χ1v) is 12.9. The van der Waals surface area contributed by atoms with Crippen molar-refractivity contribution >= 4 is 22.8 Å². The molecule has 8 heteroatoms. The zero-order valence-electron chi connectivity index (χ0n) is 23.0. The van der Waals surface area contributed by atoms with Gasteiger partial charge in [-0.15, -0.1) is 0 Å². The van der Waals surface area contributed by atoms with Gasteiger partial charge in [-0.2, -0.15) is 0 Å². The number of esters is 1. The van der Waals surface area contributed by atoms with Gasteiger partial charge in [0.1, 0.15) is 17.5 Å². The molecule has 0 saturated heterocycles. The van der Waals surface area contributed by atoms with Crippen LogP contribution >= 0.6 is 0 Å². The summed E-state index contributed by atoms with van der Waals surface area (Å²) < 4.78 is 18.9. The first kappa shape index (κ1) is 29.2. The number of hydrogen-bond donors (Lipinski definition) is 1. The quantitative estimate of drug-likeness (QED) is 0.305.